The molecule has 5 heteroatoms. The summed E-state index contributed by atoms with van der Waals surface area (Å²) < 4.78 is 7.01. The Balaban J connectivity index is 2.56. The van der Waals surface area contributed by atoms with Crippen LogP contribution in [0.15, 0.2) is 12.4 Å². The molecule has 0 saturated carbocycles. The first-order chi connectivity index (χ1) is 6.27. The standard InChI is InChI=1S/C8H16N4O/c1-3-13-6-8(11-9)7-4-10-12(2)5-7/h4-5,8,11H,3,6,9H2,1-2H3. The molecule has 0 spiro atoms. The molecule has 1 aromatic rings. The highest BCUT2D eigenvalue weighted by molar-refractivity contribution is 5.09. The van der Waals surface area contributed by atoms with Gasteiger partial charge in [-0.1, -0.05) is 0 Å². The smallest absolute Gasteiger partial charge is 0.0724 e. The van der Waals surface area contributed by atoms with Gasteiger partial charge in [-0.3, -0.25) is 16.0 Å². The Morgan fingerprint density at radius 3 is 3.00 bits per heavy atom. The van der Waals surface area contributed by atoms with Crippen LogP contribution < -0.4 is 11.3 Å². The number of nitrogens with two attached hydrogens (primary N) is 1. The first kappa shape index (κ1) is 10.2. The molecule has 0 aliphatic rings. The molecule has 0 aromatic carbocycles. The molecule has 0 aliphatic heterocycles. The highest BCUT2D eigenvalue weighted by Gasteiger charge is 2.10. The number of nitrogens with zero attached hydrogens (tertiary/aromatic N) is 2. The lowest BCUT2D eigenvalue weighted by atomic mass is 10.2. The van der Waals surface area contributed by atoms with Gasteiger partial charge in [0.1, 0.15) is 0 Å². The second-order valence-electron chi connectivity index (χ2n) is 2.83. The summed E-state index contributed by atoms with van der Waals surface area (Å²) in [5.74, 6) is 5.39. The molecule has 0 radical (unpaired) electrons. The maximum Gasteiger partial charge on any atom is 0.0724 e. The number of hydrogen-bond donors (Lipinski definition) is 2. The van der Waals surface area contributed by atoms with Gasteiger partial charge >= 0.3 is 0 Å². The Bertz CT molecular complexity index is 248. The van der Waals surface area contributed by atoms with Gasteiger partial charge in [0.15, 0.2) is 0 Å². The molecule has 1 unspecified atom stereocenters. The Morgan fingerprint density at radius 2 is 2.54 bits per heavy atom. The van der Waals surface area contributed by atoms with E-state index in [-0.39, 0.29) is 6.04 Å². The number of aryl methyl sites for hydroxylation is 1. The SMILES string of the molecule is CCOCC(NN)c1cnn(C)c1. The molecule has 1 heterocycles. The zero-order chi connectivity index (χ0) is 9.68. The minimum atomic E-state index is 0.0219. The van der Waals surface area contributed by atoms with Crippen molar-refractivity contribution in [1.82, 2.24) is 15.2 Å². The monoisotopic (exact) mass is 184 g/mol. The fourth-order valence-corrected chi connectivity index (χ4v) is 1.10. The third-order valence-electron chi connectivity index (χ3n) is 1.82. The third-order valence-corrected chi connectivity index (χ3v) is 1.82. The van der Waals surface area contributed by atoms with Crippen LogP contribution in [-0.2, 0) is 11.8 Å². The molecule has 1 aromatic heterocycles. The molecule has 0 aliphatic carbocycles. The van der Waals surface area contributed by atoms with Crippen molar-refractivity contribution in [3.63, 3.8) is 0 Å². The van der Waals surface area contributed by atoms with Gasteiger partial charge in [0.2, 0.25) is 0 Å². The van der Waals surface area contributed by atoms with Gasteiger partial charge in [-0.25, -0.2) is 0 Å². The van der Waals surface area contributed by atoms with Crippen LogP contribution in [0.2, 0.25) is 0 Å². The van der Waals surface area contributed by atoms with Crippen molar-refractivity contribution in [2.24, 2.45) is 12.9 Å². The zero-order valence-electron chi connectivity index (χ0n) is 8.03. The van der Waals surface area contributed by atoms with Crippen LogP contribution in [0.5, 0.6) is 0 Å². The van der Waals surface area contributed by atoms with Gasteiger partial charge in [-0.15, -0.1) is 0 Å². The highest BCUT2D eigenvalue weighted by atomic mass is 16.5. The lowest BCUT2D eigenvalue weighted by molar-refractivity contribution is 0.123. The fourth-order valence-electron chi connectivity index (χ4n) is 1.10. The van der Waals surface area contributed by atoms with Crippen LogP contribution in [-0.4, -0.2) is 23.0 Å². The zero-order valence-corrected chi connectivity index (χ0v) is 8.03. The van der Waals surface area contributed by atoms with Gasteiger partial charge < -0.3 is 4.74 Å². The molecule has 0 bridgehead atoms. The quantitative estimate of drug-likeness (QED) is 0.498. The number of ether oxygens (including phenoxy) is 1. The van der Waals surface area contributed by atoms with Crippen molar-refractivity contribution in [3.05, 3.63) is 18.0 Å². The normalized spacial score (nSPS) is 13.2. The van der Waals surface area contributed by atoms with Crippen LogP contribution >= 0.6 is 0 Å². The van der Waals surface area contributed by atoms with E-state index in [0.717, 1.165) is 5.56 Å². The number of aromatic nitrogens is 2. The van der Waals surface area contributed by atoms with Gasteiger partial charge in [0, 0.05) is 25.4 Å². The molecule has 1 rings (SSSR count). The van der Waals surface area contributed by atoms with Gasteiger partial charge in [0.05, 0.1) is 18.8 Å². The van der Waals surface area contributed by atoms with Crippen molar-refractivity contribution >= 4 is 0 Å². The maximum atomic E-state index is 5.39. The average molecular weight is 184 g/mol. The van der Waals surface area contributed by atoms with Gasteiger partial charge in [-0.05, 0) is 6.92 Å². The van der Waals surface area contributed by atoms with E-state index in [4.69, 9.17) is 10.6 Å². The molecular formula is C8H16N4O. The lowest BCUT2D eigenvalue weighted by Crippen LogP contribution is -2.31. The summed E-state index contributed by atoms with van der Waals surface area (Å²) in [6.07, 6.45) is 3.70. The summed E-state index contributed by atoms with van der Waals surface area (Å²) >= 11 is 0. The van der Waals surface area contributed by atoms with Gasteiger partial charge in [0.25, 0.3) is 0 Å². The van der Waals surface area contributed by atoms with Crippen LogP contribution in [0.25, 0.3) is 0 Å². The van der Waals surface area contributed by atoms with E-state index < -0.39 is 0 Å². The number of hydrazine groups is 1. The number of rotatable bonds is 5. The first-order valence-electron chi connectivity index (χ1n) is 4.30. The Morgan fingerprint density at radius 1 is 1.77 bits per heavy atom. The van der Waals surface area contributed by atoms with Crippen LogP contribution in [0.1, 0.15) is 18.5 Å². The summed E-state index contributed by atoms with van der Waals surface area (Å²) in [6.45, 7) is 3.22. The van der Waals surface area contributed by atoms with Crippen molar-refractivity contribution in [2.75, 3.05) is 13.2 Å². The van der Waals surface area contributed by atoms with Crippen molar-refractivity contribution < 1.29 is 4.74 Å². The fraction of sp³-hybridized carbons (Fsp3) is 0.625. The average Bonchev–Trinajstić information content (AvgIpc) is 2.54. The maximum absolute atomic E-state index is 5.39. The molecule has 3 N–H and O–H groups in total. The lowest BCUT2D eigenvalue weighted by Gasteiger charge is -2.13. The van der Waals surface area contributed by atoms with Crippen molar-refractivity contribution in [1.29, 1.82) is 0 Å². The van der Waals surface area contributed by atoms with E-state index >= 15 is 0 Å². The van der Waals surface area contributed by atoms with E-state index in [1.165, 1.54) is 0 Å². The van der Waals surface area contributed by atoms with E-state index in [1.54, 1.807) is 10.9 Å². The van der Waals surface area contributed by atoms with Crippen molar-refractivity contribution in [3.8, 4) is 0 Å². The molecule has 1 atom stereocenters. The molecule has 74 valence electrons. The summed E-state index contributed by atoms with van der Waals surface area (Å²) in [7, 11) is 1.87. The predicted molar refractivity (Wildman–Crippen MR) is 49.8 cm³/mol. The number of nitrogens with one attached hydrogen (secondary N) is 1. The van der Waals surface area contributed by atoms with Crippen LogP contribution in [0, 0.1) is 0 Å². The highest BCUT2D eigenvalue weighted by Crippen LogP contribution is 2.10. The Kier molecular flexibility index (Phi) is 3.88. The second-order valence-corrected chi connectivity index (χ2v) is 2.83. The van der Waals surface area contributed by atoms with E-state index in [0.29, 0.717) is 13.2 Å². The topological polar surface area (TPSA) is 65.1 Å². The summed E-state index contributed by atoms with van der Waals surface area (Å²) in [5, 5.41) is 4.06. The van der Waals surface area contributed by atoms with Crippen LogP contribution in [0.4, 0.5) is 0 Å². The van der Waals surface area contributed by atoms with E-state index in [2.05, 4.69) is 10.5 Å². The minimum absolute atomic E-state index is 0.0219. The Hall–Kier alpha value is -0.910. The van der Waals surface area contributed by atoms with Crippen molar-refractivity contribution in [2.45, 2.75) is 13.0 Å². The largest absolute Gasteiger partial charge is 0.380 e. The molecule has 0 amide bonds. The molecule has 13 heavy (non-hydrogen) atoms. The molecule has 0 saturated heterocycles. The molecular weight excluding hydrogens is 168 g/mol. The van der Waals surface area contributed by atoms with E-state index in [1.807, 2.05) is 20.2 Å². The summed E-state index contributed by atoms with van der Waals surface area (Å²) in [4.78, 5) is 0. The summed E-state index contributed by atoms with van der Waals surface area (Å²) in [6, 6.07) is 0.0219. The van der Waals surface area contributed by atoms with Crippen LogP contribution in [0.3, 0.4) is 0 Å². The Labute approximate surface area is 77.8 Å². The summed E-state index contributed by atoms with van der Waals surface area (Å²) in [5.41, 5.74) is 3.73. The number of hydrogen-bond acceptors (Lipinski definition) is 4. The first-order valence-corrected chi connectivity index (χ1v) is 4.30. The molecule has 0 fully saturated rings. The van der Waals surface area contributed by atoms with Gasteiger partial charge in [-0.2, -0.15) is 5.10 Å². The van der Waals surface area contributed by atoms with E-state index in [9.17, 15) is 0 Å². The predicted octanol–water partition coefficient (Wildman–Crippen LogP) is -0.0390. The minimum Gasteiger partial charge on any atom is -0.380 e. The third kappa shape index (κ3) is 2.80. The molecule has 5 nitrogen and oxygen atoms in total. The second kappa shape index (κ2) is 4.96.